The summed E-state index contributed by atoms with van der Waals surface area (Å²) in [6.07, 6.45) is 0. The molecule has 4 heteroatoms. The molecule has 0 bridgehead atoms. The topological polar surface area (TPSA) is 44.0 Å². The second-order valence-corrected chi connectivity index (χ2v) is 17.2. The summed E-state index contributed by atoms with van der Waals surface area (Å²) in [4.78, 5) is 28.9. The number of fused-ring (bicyclic) bond motifs is 4. The van der Waals surface area contributed by atoms with Gasteiger partial charge >= 0.3 is 0 Å². The van der Waals surface area contributed by atoms with Crippen molar-refractivity contribution in [2.75, 3.05) is 0 Å². The maximum absolute atomic E-state index is 14.4. The number of hydrogen-bond donors (Lipinski definition) is 0. The molecule has 0 N–H and O–H groups in total. The molecule has 2 heterocycles. The van der Waals surface area contributed by atoms with Gasteiger partial charge in [0, 0.05) is 21.5 Å². The van der Waals surface area contributed by atoms with E-state index >= 15 is 0 Å². The first-order chi connectivity index (χ1) is 21.2. The van der Waals surface area contributed by atoms with Crippen LogP contribution in [0.2, 0.25) is 0 Å². The Labute approximate surface area is 272 Å². The average molecular weight is 613 g/mol. The molecule has 0 unspecified atom stereocenters. The van der Waals surface area contributed by atoms with Crippen molar-refractivity contribution in [3.8, 4) is 0 Å². The molecule has 0 saturated heterocycles. The summed E-state index contributed by atoms with van der Waals surface area (Å²) in [5.74, 6) is 0. The third kappa shape index (κ3) is 5.16. The molecule has 0 aliphatic heterocycles. The van der Waals surface area contributed by atoms with E-state index in [2.05, 4.69) is 165 Å². The lowest BCUT2D eigenvalue weighted by atomic mass is 9.85. The fourth-order valence-corrected chi connectivity index (χ4v) is 6.46. The van der Waals surface area contributed by atoms with Gasteiger partial charge in [-0.1, -0.05) is 107 Å². The first kappa shape index (κ1) is 31.8. The van der Waals surface area contributed by atoms with Crippen LogP contribution in [0.3, 0.4) is 0 Å². The highest BCUT2D eigenvalue weighted by molar-refractivity contribution is 5.98. The molecular weight excluding hydrogens is 564 g/mol. The summed E-state index contributed by atoms with van der Waals surface area (Å²) in [5, 5.41) is 2.68. The zero-order chi connectivity index (χ0) is 33.7. The third-order valence-electron chi connectivity index (χ3n) is 9.54. The van der Waals surface area contributed by atoms with Crippen molar-refractivity contribution in [3.63, 3.8) is 0 Å². The minimum atomic E-state index is -0.128. The van der Waals surface area contributed by atoms with Crippen molar-refractivity contribution in [3.05, 3.63) is 115 Å². The zero-order valence-corrected chi connectivity index (χ0v) is 29.6. The molecule has 46 heavy (non-hydrogen) atoms. The molecule has 0 aliphatic carbocycles. The lowest BCUT2D eigenvalue weighted by Gasteiger charge is -2.27. The Morgan fingerprint density at radius 3 is 0.717 bits per heavy atom. The fourth-order valence-electron chi connectivity index (χ4n) is 6.46. The predicted molar refractivity (Wildman–Crippen MR) is 197 cm³/mol. The maximum atomic E-state index is 14.4. The highest BCUT2D eigenvalue weighted by Crippen LogP contribution is 2.34. The smallest absolute Gasteiger partial charge is 0.197 e. The van der Waals surface area contributed by atoms with Crippen molar-refractivity contribution < 1.29 is 0 Å². The van der Waals surface area contributed by atoms with Crippen LogP contribution in [0.15, 0.2) is 82.4 Å². The van der Waals surface area contributed by atoms with E-state index in [4.69, 9.17) is 0 Å². The molecule has 4 nitrogen and oxygen atoms in total. The van der Waals surface area contributed by atoms with Gasteiger partial charge in [-0.15, -0.1) is 0 Å². The zero-order valence-electron chi connectivity index (χ0n) is 29.6. The average Bonchev–Trinajstić information content (AvgIpc) is 2.96. The molecule has 4 aromatic carbocycles. The summed E-state index contributed by atoms with van der Waals surface area (Å²) in [6.45, 7) is 26.1. The van der Waals surface area contributed by atoms with Crippen LogP contribution in [0.4, 0.5) is 0 Å². The van der Waals surface area contributed by atoms with Crippen LogP contribution >= 0.6 is 0 Å². The molecule has 0 fully saturated rings. The normalized spacial score (nSPS) is 13.4. The van der Waals surface area contributed by atoms with Gasteiger partial charge in [-0.2, -0.15) is 0 Å². The van der Waals surface area contributed by atoms with E-state index < -0.39 is 0 Å². The van der Waals surface area contributed by atoms with Crippen LogP contribution in [0.25, 0.3) is 43.6 Å². The van der Waals surface area contributed by atoms with Crippen molar-refractivity contribution in [1.29, 1.82) is 0 Å². The number of aromatic nitrogens is 2. The van der Waals surface area contributed by atoms with E-state index in [0.717, 1.165) is 44.3 Å². The Morgan fingerprint density at radius 1 is 0.348 bits per heavy atom. The quantitative estimate of drug-likeness (QED) is 0.173. The van der Waals surface area contributed by atoms with Gasteiger partial charge in [-0.05, 0) is 92.4 Å². The molecule has 0 radical (unpaired) electrons. The number of benzene rings is 4. The maximum Gasteiger partial charge on any atom is 0.197 e. The lowest BCUT2D eigenvalue weighted by molar-refractivity contribution is 0.589. The first-order valence-electron chi connectivity index (χ1n) is 16.5. The number of pyridine rings is 2. The van der Waals surface area contributed by atoms with Crippen molar-refractivity contribution in [1.82, 2.24) is 9.35 Å². The molecule has 0 amide bonds. The Morgan fingerprint density at radius 2 is 0.543 bits per heavy atom. The number of rotatable bonds is 1. The van der Waals surface area contributed by atoms with Gasteiger partial charge in [-0.3, -0.25) is 9.59 Å². The van der Waals surface area contributed by atoms with Gasteiger partial charge in [0.05, 0.1) is 22.1 Å². The molecule has 2 aromatic heterocycles. The standard InChI is InChI=1S/C42H48N2O2/c1-39(2,3)25-13-17-33-29(21-25)37(45)30-22-26(40(4,5)6)14-18-34(30)43(33)44-35-19-15-27(41(7,8)9)23-31(35)38(46)32-24-28(42(10,11)12)16-20-36(32)44/h13-24H,1-12H3. The summed E-state index contributed by atoms with van der Waals surface area (Å²) in [5.41, 5.74) is 7.19. The summed E-state index contributed by atoms with van der Waals surface area (Å²) in [7, 11) is 0. The van der Waals surface area contributed by atoms with Crippen LogP contribution in [-0.4, -0.2) is 9.35 Å². The van der Waals surface area contributed by atoms with Crippen LogP contribution in [-0.2, 0) is 21.7 Å². The molecule has 238 valence electrons. The molecule has 6 aromatic rings. The van der Waals surface area contributed by atoms with E-state index in [9.17, 15) is 9.59 Å². The lowest BCUT2D eigenvalue weighted by Crippen LogP contribution is -2.23. The molecule has 0 saturated carbocycles. The predicted octanol–water partition coefficient (Wildman–Crippen LogP) is 10.1. The van der Waals surface area contributed by atoms with E-state index in [-0.39, 0.29) is 32.5 Å². The van der Waals surface area contributed by atoms with Gasteiger partial charge < -0.3 is 0 Å². The van der Waals surface area contributed by atoms with Gasteiger partial charge in [0.15, 0.2) is 10.9 Å². The Hall–Kier alpha value is -4.18. The molecule has 0 aliphatic rings. The number of hydrogen-bond acceptors (Lipinski definition) is 2. The largest absolute Gasteiger partial charge is 0.288 e. The molecule has 0 spiro atoms. The summed E-state index contributed by atoms with van der Waals surface area (Å²) < 4.78 is 4.34. The third-order valence-corrected chi connectivity index (χ3v) is 9.54. The fraction of sp³-hybridized carbons (Fsp3) is 0.381. The van der Waals surface area contributed by atoms with E-state index in [0.29, 0.717) is 21.5 Å². The second-order valence-electron chi connectivity index (χ2n) is 17.2. The van der Waals surface area contributed by atoms with Crippen LogP contribution in [0.5, 0.6) is 0 Å². The molecule has 0 atom stereocenters. The minimum Gasteiger partial charge on any atom is -0.288 e. The Balaban J connectivity index is 1.90. The highest BCUT2D eigenvalue weighted by Gasteiger charge is 2.24. The SMILES string of the molecule is CC(C)(C)c1ccc2c(c1)c(=O)c1cc(C(C)(C)C)ccc1n2-n1c2ccc(C(C)(C)C)cc2c(=O)c2cc(C(C)(C)C)ccc21. The minimum absolute atomic E-state index is 0.0261. The van der Waals surface area contributed by atoms with Crippen LogP contribution < -0.4 is 10.9 Å². The van der Waals surface area contributed by atoms with Crippen LogP contribution in [0, 0.1) is 0 Å². The highest BCUT2D eigenvalue weighted by atomic mass is 16.1. The van der Waals surface area contributed by atoms with Gasteiger partial charge in [0.1, 0.15) is 0 Å². The first-order valence-corrected chi connectivity index (χ1v) is 16.5. The van der Waals surface area contributed by atoms with E-state index in [1.807, 2.05) is 0 Å². The summed E-state index contributed by atoms with van der Waals surface area (Å²) in [6, 6.07) is 25.1. The monoisotopic (exact) mass is 612 g/mol. The van der Waals surface area contributed by atoms with Gasteiger partial charge in [0.25, 0.3) is 0 Å². The summed E-state index contributed by atoms with van der Waals surface area (Å²) >= 11 is 0. The van der Waals surface area contributed by atoms with Crippen molar-refractivity contribution in [2.45, 2.75) is 105 Å². The van der Waals surface area contributed by atoms with E-state index in [1.165, 1.54) is 0 Å². The second kappa shape index (κ2) is 10.2. The van der Waals surface area contributed by atoms with E-state index in [1.54, 1.807) is 0 Å². The van der Waals surface area contributed by atoms with Crippen molar-refractivity contribution in [2.24, 2.45) is 0 Å². The van der Waals surface area contributed by atoms with Crippen LogP contribution in [0.1, 0.15) is 105 Å². The number of nitrogens with zero attached hydrogens (tertiary/aromatic N) is 2. The Bertz CT molecular complexity index is 2000. The van der Waals surface area contributed by atoms with Gasteiger partial charge in [0.2, 0.25) is 0 Å². The van der Waals surface area contributed by atoms with Gasteiger partial charge in [-0.25, -0.2) is 9.35 Å². The molecule has 6 rings (SSSR count). The Kier molecular flexibility index (Phi) is 7.02. The van der Waals surface area contributed by atoms with Crippen molar-refractivity contribution >= 4 is 43.6 Å². The molecular formula is C42H48N2O2.